The predicted molar refractivity (Wildman–Crippen MR) is 84.2 cm³/mol. The normalized spacial score (nSPS) is 12.4. The van der Waals surface area contributed by atoms with Crippen molar-refractivity contribution in [1.29, 1.82) is 0 Å². The fourth-order valence-corrected chi connectivity index (χ4v) is 2.10. The molecule has 0 aliphatic carbocycles. The second-order valence-electron chi connectivity index (χ2n) is 5.60. The summed E-state index contributed by atoms with van der Waals surface area (Å²) in [5.74, 6) is 2.62. The second-order valence-corrected chi connectivity index (χ2v) is 5.60. The minimum atomic E-state index is 0.349. The van der Waals surface area contributed by atoms with E-state index in [-0.39, 0.29) is 0 Å². The van der Waals surface area contributed by atoms with Gasteiger partial charge in [0.25, 0.3) is 0 Å². The number of aryl methyl sites for hydroxylation is 1. The monoisotopic (exact) mass is 269 g/mol. The Morgan fingerprint density at radius 2 is 1.75 bits per heavy atom. The van der Waals surface area contributed by atoms with Crippen LogP contribution in [-0.4, -0.2) is 16.5 Å². The van der Waals surface area contributed by atoms with Gasteiger partial charge in [0.1, 0.15) is 11.6 Å². The summed E-state index contributed by atoms with van der Waals surface area (Å²) < 4.78 is 0. The van der Waals surface area contributed by atoms with Crippen LogP contribution in [0.1, 0.15) is 49.7 Å². The van der Waals surface area contributed by atoms with Gasteiger partial charge < -0.3 is 5.32 Å². The van der Waals surface area contributed by atoms with Gasteiger partial charge in [0.05, 0.1) is 0 Å². The van der Waals surface area contributed by atoms with Crippen LogP contribution >= 0.6 is 0 Å². The molecular formula is C17H23N3. The van der Waals surface area contributed by atoms with Gasteiger partial charge >= 0.3 is 0 Å². The lowest BCUT2D eigenvalue weighted by Gasteiger charge is -2.15. The van der Waals surface area contributed by atoms with Crippen LogP contribution in [0.3, 0.4) is 0 Å². The van der Waals surface area contributed by atoms with Crippen molar-refractivity contribution in [3.05, 3.63) is 53.5 Å². The lowest BCUT2D eigenvalue weighted by molar-refractivity contribution is 0.758. The number of hydrogen-bond acceptors (Lipinski definition) is 3. The van der Waals surface area contributed by atoms with Crippen LogP contribution in [0.25, 0.3) is 0 Å². The summed E-state index contributed by atoms with van der Waals surface area (Å²) in [6.45, 7) is 9.34. The van der Waals surface area contributed by atoms with E-state index in [1.54, 1.807) is 0 Å². The van der Waals surface area contributed by atoms with E-state index in [1.165, 1.54) is 5.56 Å². The molecule has 0 bridgehead atoms. The van der Waals surface area contributed by atoms with E-state index in [2.05, 4.69) is 60.3 Å². The Morgan fingerprint density at radius 3 is 2.40 bits per heavy atom. The van der Waals surface area contributed by atoms with Crippen molar-refractivity contribution in [2.45, 2.75) is 39.5 Å². The number of benzene rings is 1. The zero-order valence-corrected chi connectivity index (χ0v) is 12.7. The molecule has 2 aromatic rings. The molecular weight excluding hydrogens is 246 g/mol. The third-order valence-electron chi connectivity index (χ3n) is 3.35. The molecule has 1 atom stereocenters. The van der Waals surface area contributed by atoms with E-state index in [0.29, 0.717) is 11.8 Å². The van der Waals surface area contributed by atoms with Gasteiger partial charge in [0.2, 0.25) is 0 Å². The standard InChI is InChI=1S/C17H23N3/c1-12(2)17-19-14(4)10-16(20-17)18-11-13(3)15-8-6-5-7-9-15/h5-10,12-13H,11H2,1-4H3,(H,18,19,20). The molecule has 2 rings (SSSR count). The molecule has 1 N–H and O–H groups in total. The van der Waals surface area contributed by atoms with Crippen LogP contribution in [0.5, 0.6) is 0 Å². The molecule has 0 aliphatic rings. The van der Waals surface area contributed by atoms with Gasteiger partial charge in [-0.2, -0.15) is 0 Å². The van der Waals surface area contributed by atoms with Crippen LogP contribution < -0.4 is 5.32 Å². The smallest absolute Gasteiger partial charge is 0.133 e. The molecule has 0 fully saturated rings. The highest BCUT2D eigenvalue weighted by atomic mass is 15.0. The van der Waals surface area contributed by atoms with Crippen molar-refractivity contribution in [2.24, 2.45) is 0 Å². The molecule has 3 nitrogen and oxygen atoms in total. The summed E-state index contributed by atoms with van der Waals surface area (Å²) in [5.41, 5.74) is 2.36. The quantitative estimate of drug-likeness (QED) is 0.887. The van der Waals surface area contributed by atoms with Crippen LogP contribution in [0.15, 0.2) is 36.4 Å². The summed E-state index contributed by atoms with van der Waals surface area (Å²) >= 11 is 0. The molecule has 0 saturated carbocycles. The SMILES string of the molecule is Cc1cc(NCC(C)c2ccccc2)nc(C(C)C)n1. The van der Waals surface area contributed by atoms with Gasteiger partial charge in [-0.05, 0) is 18.4 Å². The predicted octanol–water partition coefficient (Wildman–Crippen LogP) is 4.12. The Morgan fingerprint density at radius 1 is 1.05 bits per heavy atom. The average molecular weight is 269 g/mol. The molecule has 3 heteroatoms. The van der Waals surface area contributed by atoms with E-state index >= 15 is 0 Å². The number of rotatable bonds is 5. The van der Waals surface area contributed by atoms with Crippen LogP contribution in [0.4, 0.5) is 5.82 Å². The van der Waals surface area contributed by atoms with E-state index in [1.807, 2.05) is 19.1 Å². The minimum Gasteiger partial charge on any atom is -0.369 e. The second kappa shape index (κ2) is 6.51. The Balaban J connectivity index is 2.04. The van der Waals surface area contributed by atoms with Crippen LogP contribution in [-0.2, 0) is 0 Å². The summed E-state index contributed by atoms with van der Waals surface area (Å²) in [4.78, 5) is 9.04. The third kappa shape index (κ3) is 3.80. The molecule has 106 valence electrons. The molecule has 1 unspecified atom stereocenters. The summed E-state index contributed by atoms with van der Waals surface area (Å²) in [5, 5.41) is 3.43. The lowest BCUT2D eigenvalue weighted by atomic mass is 10.0. The highest BCUT2D eigenvalue weighted by molar-refractivity contribution is 5.37. The maximum atomic E-state index is 4.58. The summed E-state index contributed by atoms with van der Waals surface area (Å²) in [6.07, 6.45) is 0. The third-order valence-corrected chi connectivity index (χ3v) is 3.35. The largest absolute Gasteiger partial charge is 0.369 e. The molecule has 1 aromatic carbocycles. The first-order valence-corrected chi connectivity index (χ1v) is 7.20. The molecule has 0 saturated heterocycles. The molecule has 0 aliphatic heterocycles. The zero-order valence-electron chi connectivity index (χ0n) is 12.7. The van der Waals surface area contributed by atoms with Gasteiger partial charge in [0, 0.05) is 24.2 Å². The first kappa shape index (κ1) is 14.5. The van der Waals surface area contributed by atoms with Crippen molar-refractivity contribution < 1.29 is 0 Å². The van der Waals surface area contributed by atoms with Gasteiger partial charge in [-0.3, -0.25) is 0 Å². The Bertz CT molecular complexity index is 549. The first-order chi connectivity index (χ1) is 9.56. The van der Waals surface area contributed by atoms with Gasteiger partial charge in [-0.15, -0.1) is 0 Å². The average Bonchev–Trinajstić information content (AvgIpc) is 2.45. The number of nitrogens with zero attached hydrogens (tertiary/aromatic N) is 2. The van der Waals surface area contributed by atoms with Crippen molar-refractivity contribution >= 4 is 5.82 Å². The fraction of sp³-hybridized carbons (Fsp3) is 0.412. The minimum absolute atomic E-state index is 0.349. The lowest BCUT2D eigenvalue weighted by Crippen LogP contribution is -2.12. The molecule has 0 amide bonds. The maximum absolute atomic E-state index is 4.58. The number of nitrogens with one attached hydrogen (secondary N) is 1. The number of hydrogen-bond donors (Lipinski definition) is 1. The van der Waals surface area contributed by atoms with Gasteiger partial charge in [-0.25, -0.2) is 9.97 Å². The first-order valence-electron chi connectivity index (χ1n) is 7.20. The summed E-state index contributed by atoms with van der Waals surface area (Å²) in [6, 6.07) is 12.5. The zero-order chi connectivity index (χ0) is 14.5. The van der Waals surface area contributed by atoms with Crippen LogP contribution in [0, 0.1) is 6.92 Å². The van der Waals surface area contributed by atoms with Crippen molar-refractivity contribution in [2.75, 3.05) is 11.9 Å². The number of anilines is 1. The van der Waals surface area contributed by atoms with Crippen molar-refractivity contribution in [3.63, 3.8) is 0 Å². The Labute approximate surface area is 121 Å². The van der Waals surface area contributed by atoms with Gasteiger partial charge in [-0.1, -0.05) is 51.1 Å². The molecule has 0 spiro atoms. The van der Waals surface area contributed by atoms with Crippen molar-refractivity contribution in [3.8, 4) is 0 Å². The Kier molecular flexibility index (Phi) is 4.72. The maximum Gasteiger partial charge on any atom is 0.133 e. The molecule has 1 heterocycles. The number of aromatic nitrogens is 2. The van der Waals surface area contributed by atoms with E-state index in [0.717, 1.165) is 23.9 Å². The Hall–Kier alpha value is -1.90. The molecule has 1 aromatic heterocycles. The molecule has 0 radical (unpaired) electrons. The van der Waals surface area contributed by atoms with Gasteiger partial charge in [0.15, 0.2) is 0 Å². The van der Waals surface area contributed by atoms with Crippen molar-refractivity contribution in [1.82, 2.24) is 9.97 Å². The fourth-order valence-electron chi connectivity index (χ4n) is 2.10. The topological polar surface area (TPSA) is 37.8 Å². The summed E-state index contributed by atoms with van der Waals surface area (Å²) in [7, 11) is 0. The highest BCUT2D eigenvalue weighted by Gasteiger charge is 2.08. The molecule has 20 heavy (non-hydrogen) atoms. The van der Waals surface area contributed by atoms with E-state index < -0.39 is 0 Å². The van der Waals surface area contributed by atoms with E-state index in [9.17, 15) is 0 Å². The van der Waals surface area contributed by atoms with Crippen LogP contribution in [0.2, 0.25) is 0 Å². The van der Waals surface area contributed by atoms with E-state index in [4.69, 9.17) is 0 Å². The highest BCUT2D eigenvalue weighted by Crippen LogP contribution is 2.17.